The average Bonchev–Trinajstić information content (AvgIpc) is 2.53. The lowest BCUT2D eigenvalue weighted by Gasteiger charge is -2.04. The Morgan fingerprint density at radius 1 is 1.36 bits per heavy atom. The quantitative estimate of drug-likeness (QED) is 0.700. The van der Waals surface area contributed by atoms with Crippen LogP contribution in [-0.4, -0.2) is 17.6 Å². The summed E-state index contributed by atoms with van der Waals surface area (Å²) in [6.07, 6.45) is 0.872. The number of halogens is 1. The highest BCUT2D eigenvalue weighted by Crippen LogP contribution is 2.05. The van der Waals surface area contributed by atoms with Crippen molar-refractivity contribution in [3.8, 4) is 11.8 Å². The Bertz CT molecular complexity index is 706. The lowest BCUT2D eigenvalue weighted by Crippen LogP contribution is -2.24. The van der Waals surface area contributed by atoms with E-state index >= 15 is 0 Å². The fourth-order valence-corrected chi connectivity index (χ4v) is 1.66. The summed E-state index contributed by atoms with van der Waals surface area (Å²) in [5.74, 6) is 4.95. The number of aromatic nitrogens is 1. The first kappa shape index (κ1) is 15.5. The number of hydrogen-bond donors (Lipinski definition) is 1. The van der Waals surface area contributed by atoms with E-state index in [4.69, 9.17) is 4.74 Å². The van der Waals surface area contributed by atoms with E-state index in [2.05, 4.69) is 22.1 Å². The summed E-state index contributed by atoms with van der Waals surface area (Å²) >= 11 is 0. The van der Waals surface area contributed by atoms with E-state index in [1.165, 1.54) is 12.3 Å². The molecular weight excluding hydrogens is 283 g/mol. The maximum atomic E-state index is 13.0. The van der Waals surface area contributed by atoms with Crippen molar-refractivity contribution in [2.75, 3.05) is 6.54 Å². The number of hydrogen-bond acceptors (Lipinski definition) is 3. The van der Waals surface area contributed by atoms with E-state index in [1.54, 1.807) is 6.92 Å². The van der Waals surface area contributed by atoms with Gasteiger partial charge in [0, 0.05) is 17.8 Å². The SMILES string of the molecule is Cc1cnc(F)cc1C#CCNC(=O)OCc1ccccc1. The normalized spacial score (nSPS) is 9.55. The molecule has 1 heterocycles. The van der Waals surface area contributed by atoms with Gasteiger partial charge in [0.2, 0.25) is 5.95 Å². The predicted molar refractivity (Wildman–Crippen MR) is 80.4 cm³/mol. The topological polar surface area (TPSA) is 51.2 Å². The molecule has 0 saturated carbocycles. The fraction of sp³-hybridized carbons (Fsp3) is 0.176. The van der Waals surface area contributed by atoms with Gasteiger partial charge in [-0.15, -0.1) is 0 Å². The van der Waals surface area contributed by atoms with Gasteiger partial charge in [0.05, 0.1) is 6.54 Å². The van der Waals surface area contributed by atoms with Crippen LogP contribution in [0.3, 0.4) is 0 Å². The highest BCUT2D eigenvalue weighted by molar-refractivity contribution is 5.67. The van der Waals surface area contributed by atoms with Crippen LogP contribution in [0.2, 0.25) is 0 Å². The second kappa shape index (κ2) is 7.79. The molecule has 0 fully saturated rings. The first-order chi connectivity index (χ1) is 10.6. The van der Waals surface area contributed by atoms with E-state index in [1.807, 2.05) is 30.3 Å². The van der Waals surface area contributed by atoms with Crippen LogP contribution in [0.1, 0.15) is 16.7 Å². The third kappa shape index (κ3) is 4.91. The first-order valence-electron chi connectivity index (χ1n) is 6.71. The summed E-state index contributed by atoms with van der Waals surface area (Å²) in [5.41, 5.74) is 2.24. The van der Waals surface area contributed by atoms with Crippen molar-refractivity contribution in [1.82, 2.24) is 10.3 Å². The zero-order valence-corrected chi connectivity index (χ0v) is 12.1. The summed E-state index contributed by atoms with van der Waals surface area (Å²) in [6, 6.07) is 10.6. The highest BCUT2D eigenvalue weighted by Gasteiger charge is 2.01. The summed E-state index contributed by atoms with van der Waals surface area (Å²) < 4.78 is 18.0. The van der Waals surface area contributed by atoms with Crippen LogP contribution in [0.4, 0.5) is 9.18 Å². The number of amides is 1. The van der Waals surface area contributed by atoms with Gasteiger partial charge in [-0.2, -0.15) is 4.39 Å². The van der Waals surface area contributed by atoms with Crippen molar-refractivity contribution in [3.63, 3.8) is 0 Å². The number of aryl methyl sites for hydroxylation is 1. The molecule has 4 nitrogen and oxygen atoms in total. The minimum absolute atomic E-state index is 0.122. The number of ether oxygens (including phenoxy) is 1. The fourth-order valence-electron chi connectivity index (χ4n) is 1.66. The van der Waals surface area contributed by atoms with Gasteiger partial charge in [-0.3, -0.25) is 0 Å². The Labute approximate surface area is 128 Å². The molecule has 0 atom stereocenters. The Hall–Kier alpha value is -2.87. The van der Waals surface area contributed by atoms with E-state index < -0.39 is 12.0 Å². The van der Waals surface area contributed by atoms with Gasteiger partial charge in [-0.1, -0.05) is 42.2 Å². The third-order valence-electron chi connectivity index (χ3n) is 2.83. The van der Waals surface area contributed by atoms with E-state index in [9.17, 15) is 9.18 Å². The number of nitrogens with one attached hydrogen (secondary N) is 1. The van der Waals surface area contributed by atoms with Crippen LogP contribution in [-0.2, 0) is 11.3 Å². The van der Waals surface area contributed by atoms with Gasteiger partial charge in [-0.25, -0.2) is 9.78 Å². The number of nitrogens with zero attached hydrogens (tertiary/aromatic N) is 1. The highest BCUT2D eigenvalue weighted by atomic mass is 19.1. The lowest BCUT2D eigenvalue weighted by molar-refractivity contribution is 0.141. The Morgan fingerprint density at radius 2 is 2.14 bits per heavy atom. The molecule has 112 valence electrons. The predicted octanol–water partition coefficient (Wildman–Crippen LogP) is 2.81. The first-order valence-corrected chi connectivity index (χ1v) is 6.71. The van der Waals surface area contributed by atoms with Gasteiger partial charge in [0.15, 0.2) is 0 Å². The Kier molecular flexibility index (Phi) is 5.50. The van der Waals surface area contributed by atoms with Crippen LogP contribution in [0.5, 0.6) is 0 Å². The standard InChI is InChI=1S/C17H15FN2O2/c1-13-11-20-16(18)10-15(13)8-5-9-19-17(21)22-12-14-6-3-2-4-7-14/h2-4,6-7,10-11H,9,12H2,1H3,(H,19,21). The van der Waals surface area contributed by atoms with Gasteiger partial charge < -0.3 is 10.1 Å². The molecule has 0 aliphatic carbocycles. The second-order valence-electron chi connectivity index (χ2n) is 4.54. The summed E-state index contributed by atoms with van der Waals surface area (Å²) in [6.45, 7) is 2.11. The molecule has 0 spiro atoms. The largest absolute Gasteiger partial charge is 0.445 e. The molecule has 1 amide bonds. The maximum Gasteiger partial charge on any atom is 0.408 e. The van der Waals surface area contributed by atoms with Crippen molar-refractivity contribution in [3.05, 3.63) is 65.2 Å². The number of alkyl carbamates (subject to hydrolysis) is 1. The Morgan fingerprint density at radius 3 is 2.91 bits per heavy atom. The number of pyridine rings is 1. The van der Waals surface area contributed by atoms with Crippen molar-refractivity contribution < 1.29 is 13.9 Å². The van der Waals surface area contributed by atoms with Gasteiger partial charge >= 0.3 is 6.09 Å². The molecule has 0 bridgehead atoms. The summed E-state index contributed by atoms with van der Waals surface area (Å²) in [4.78, 5) is 15.0. The number of carbonyl (C=O) groups is 1. The molecule has 1 N–H and O–H groups in total. The molecule has 0 unspecified atom stereocenters. The molecule has 5 heteroatoms. The molecule has 0 radical (unpaired) electrons. The average molecular weight is 298 g/mol. The van der Waals surface area contributed by atoms with Gasteiger partial charge in [-0.05, 0) is 18.1 Å². The van der Waals surface area contributed by atoms with Crippen LogP contribution >= 0.6 is 0 Å². The zero-order chi connectivity index (χ0) is 15.8. The number of rotatable bonds is 3. The molecule has 0 aliphatic rings. The van der Waals surface area contributed by atoms with E-state index in [-0.39, 0.29) is 13.2 Å². The van der Waals surface area contributed by atoms with Crippen LogP contribution < -0.4 is 5.32 Å². The van der Waals surface area contributed by atoms with Crippen LogP contribution in [0, 0.1) is 24.7 Å². The van der Waals surface area contributed by atoms with E-state index in [0.29, 0.717) is 5.56 Å². The zero-order valence-electron chi connectivity index (χ0n) is 12.1. The smallest absolute Gasteiger partial charge is 0.408 e. The molecule has 0 aliphatic heterocycles. The summed E-state index contributed by atoms with van der Waals surface area (Å²) in [7, 11) is 0. The molecule has 1 aromatic heterocycles. The van der Waals surface area contributed by atoms with E-state index in [0.717, 1.165) is 11.1 Å². The molecule has 1 aromatic carbocycles. The molecule has 22 heavy (non-hydrogen) atoms. The molecule has 2 aromatic rings. The van der Waals surface area contributed by atoms with Gasteiger partial charge in [0.1, 0.15) is 6.61 Å². The lowest BCUT2D eigenvalue weighted by atomic mass is 10.2. The van der Waals surface area contributed by atoms with Crippen molar-refractivity contribution in [1.29, 1.82) is 0 Å². The van der Waals surface area contributed by atoms with Crippen molar-refractivity contribution in [2.45, 2.75) is 13.5 Å². The molecule has 2 rings (SSSR count). The number of benzene rings is 1. The van der Waals surface area contributed by atoms with Crippen LogP contribution in [0.15, 0.2) is 42.6 Å². The van der Waals surface area contributed by atoms with Gasteiger partial charge in [0.25, 0.3) is 0 Å². The minimum Gasteiger partial charge on any atom is -0.445 e. The van der Waals surface area contributed by atoms with Crippen molar-refractivity contribution >= 4 is 6.09 Å². The monoisotopic (exact) mass is 298 g/mol. The second-order valence-corrected chi connectivity index (χ2v) is 4.54. The number of carbonyl (C=O) groups excluding carboxylic acids is 1. The van der Waals surface area contributed by atoms with Crippen molar-refractivity contribution in [2.24, 2.45) is 0 Å². The van der Waals surface area contributed by atoms with Crippen LogP contribution in [0.25, 0.3) is 0 Å². The maximum absolute atomic E-state index is 13.0. The molecule has 0 saturated heterocycles. The molecular formula is C17H15FN2O2. The minimum atomic E-state index is -0.579. The Balaban J connectivity index is 1.78. The summed E-state index contributed by atoms with van der Waals surface area (Å²) in [5, 5.41) is 2.51. The third-order valence-corrected chi connectivity index (χ3v) is 2.83.